The highest BCUT2D eigenvalue weighted by Gasteiger charge is 2.16. The Labute approximate surface area is 115 Å². The van der Waals surface area contributed by atoms with Crippen molar-refractivity contribution < 1.29 is 14.9 Å². The summed E-state index contributed by atoms with van der Waals surface area (Å²) in [5, 5.41) is 24.4. The van der Waals surface area contributed by atoms with Crippen LogP contribution in [0.1, 0.15) is 12.8 Å². The molecule has 2 heterocycles. The van der Waals surface area contributed by atoms with Crippen LogP contribution in [-0.2, 0) is 4.74 Å². The van der Waals surface area contributed by atoms with Crippen LogP contribution in [-0.4, -0.2) is 57.0 Å². The Bertz CT molecular complexity index is 573. The van der Waals surface area contributed by atoms with Crippen LogP contribution in [0.4, 0.5) is 11.8 Å². The van der Waals surface area contributed by atoms with Crippen molar-refractivity contribution in [2.75, 3.05) is 37.9 Å². The van der Waals surface area contributed by atoms with Gasteiger partial charge in [-0.3, -0.25) is 4.57 Å². The van der Waals surface area contributed by atoms with E-state index >= 15 is 0 Å². The number of aliphatic hydroxyl groups excluding tert-OH is 2. The molecule has 2 rings (SSSR count). The van der Waals surface area contributed by atoms with Gasteiger partial charge in [-0.05, 0) is 6.42 Å². The van der Waals surface area contributed by atoms with Gasteiger partial charge in [0.2, 0.25) is 12.4 Å². The molecule has 0 aliphatic carbocycles. The Balaban J connectivity index is 2.34. The van der Waals surface area contributed by atoms with E-state index in [4.69, 9.17) is 9.84 Å². The lowest BCUT2D eigenvalue weighted by atomic mass is 10.5. The van der Waals surface area contributed by atoms with Gasteiger partial charge in [-0.25, -0.2) is 4.98 Å². The first-order valence-electron chi connectivity index (χ1n) is 6.22. The van der Waals surface area contributed by atoms with E-state index in [2.05, 4.69) is 25.6 Å². The van der Waals surface area contributed by atoms with Crippen LogP contribution in [0.15, 0.2) is 6.33 Å². The number of nitrogens with one attached hydrogen (secondary N) is 2. The van der Waals surface area contributed by atoms with Crippen molar-refractivity contribution in [3.8, 4) is 0 Å². The number of anilines is 2. The summed E-state index contributed by atoms with van der Waals surface area (Å²) in [6.45, 7) is 0.244. The van der Waals surface area contributed by atoms with E-state index in [0.29, 0.717) is 29.4 Å². The number of hydrogen-bond donors (Lipinski definition) is 4. The van der Waals surface area contributed by atoms with Gasteiger partial charge in [0.05, 0.1) is 6.61 Å². The van der Waals surface area contributed by atoms with Crippen LogP contribution in [0, 0.1) is 0 Å². The second kappa shape index (κ2) is 6.46. The molecular weight excluding hydrogens is 264 g/mol. The summed E-state index contributed by atoms with van der Waals surface area (Å²) in [5.74, 6) is 0.965. The minimum atomic E-state index is -1.21. The molecule has 2 aromatic heterocycles. The number of aromatic nitrogens is 4. The summed E-state index contributed by atoms with van der Waals surface area (Å²) in [4.78, 5) is 12.7. The third-order valence-corrected chi connectivity index (χ3v) is 2.69. The summed E-state index contributed by atoms with van der Waals surface area (Å²) >= 11 is 0. The van der Waals surface area contributed by atoms with Crippen LogP contribution in [0.5, 0.6) is 0 Å². The lowest BCUT2D eigenvalue weighted by molar-refractivity contribution is -0.152. The van der Waals surface area contributed by atoms with Crippen LogP contribution in [0.25, 0.3) is 11.2 Å². The molecule has 0 amide bonds. The first-order valence-corrected chi connectivity index (χ1v) is 6.22. The zero-order valence-electron chi connectivity index (χ0n) is 11.4. The standard InChI is InChI=1S/C11H18N6O3/c1-12-8-7-9(16-10(13-2)15-8)17(6-14-7)11(19)20-5-3-4-18/h6,11,18-19H,3-5H2,1-2H3,(H2,12,13,15,16). The Kier molecular flexibility index (Phi) is 4.66. The molecule has 2 aromatic rings. The van der Waals surface area contributed by atoms with Crippen LogP contribution in [0.3, 0.4) is 0 Å². The molecule has 0 saturated carbocycles. The van der Waals surface area contributed by atoms with Gasteiger partial charge in [-0.15, -0.1) is 0 Å². The molecule has 110 valence electrons. The van der Waals surface area contributed by atoms with Crippen LogP contribution < -0.4 is 10.6 Å². The summed E-state index contributed by atoms with van der Waals surface area (Å²) in [6.07, 6.45) is 0.668. The van der Waals surface area contributed by atoms with Gasteiger partial charge in [0.15, 0.2) is 17.0 Å². The fourth-order valence-electron chi connectivity index (χ4n) is 1.70. The largest absolute Gasteiger partial charge is 0.396 e. The maximum atomic E-state index is 9.98. The molecule has 0 aromatic carbocycles. The average molecular weight is 282 g/mol. The van der Waals surface area contributed by atoms with Gasteiger partial charge in [-0.2, -0.15) is 9.97 Å². The second-order valence-electron chi connectivity index (χ2n) is 3.99. The molecule has 20 heavy (non-hydrogen) atoms. The predicted octanol–water partition coefficient (Wildman–Crippen LogP) is -0.243. The molecule has 0 aliphatic rings. The molecule has 4 N–H and O–H groups in total. The number of nitrogens with zero attached hydrogens (tertiary/aromatic N) is 4. The van der Waals surface area contributed by atoms with Gasteiger partial charge in [-0.1, -0.05) is 0 Å². The maximum Gasteiger partial charge on any atom is 0.244 e. The lowest BCUT2D eigenvalue weighted by Gasteiger charge is -2.13. The maximum absolute atomic E-state index is 9.98. The topological polar surface area (TPSA) is 117 Å². The van der Waals surface area contributed by atoms with E-state index in [0.717, 1.165) is 0 Å². The average Bonchev–Trinajstić information content (AvgIpc) is 2.90. The van der Waals surface area contributed by atoms with Crippen molar-refractivity contribution in [1.29, 1.82) is 0 Å². The minimum Gasteiger partial charge on any atom is -0.396 e. The molecule has 0 saturated heterocycles. The normalized spacial score (nSPS) is 12.6. The van der Waals surface area contributed by atoms with Gasteiger partial charge in [0, 0.05) is 20.7 Å². The third kappa shape index (κ3) is 2.79. The van der Waals surface area contributed by atoms with Crippen molar-refractivity contribution in [2.45, 2.75) is 12.8 Å². The smallest absolute Gasteiger partial charge is 0.244 e. The van der Waals surface area contributed by atoms with E-state index in [1.54, 1.807) is 14.1 Å². The van der Waals surface area contributed by atoms with E-state index in [-0.39, 0.29) is 13.2 Å². The summed E-state index contributed by atoms with van der Waals surface area (Å²) in [7, 11) is 3.43. The molecule has 0 aliphatic heterocycles. The van der Waals surface area contributed by atoms with E-state index < -0.39 is 6.41 Å². The number of ether oxygens (including phenoxy) is 1. The first-order chi connectivity index (χ1) is 9.71. The number of hydrogen-bond acceptors (Lipinski definition) is 8. The Morgan fingerprint density at radius 2 is 2.15 bits per heavy atom. The van der Waals surface area contributed by atoms with Crippen LogP contribution >= 0.6 is 0 Å². The van der Waals surface area contributed by atoms with Crippen molar-refractivity contribution in [2.24, 2.45) is 0 Å². The fraction of sp³-hybridized carbons (Fsp3) is 0.545. The predicted molar refractivity (Wildman–Crippen MR) is 73.3 cm³/mol. The Hall–Kier alpha value is -1.97. The fourth-order valence-corrected chi connectivity index (χ4v) is 1.70. The molecule has 0 bridgehead atoms. The van der Waals surface area contributed by atoms with Crippen molar-refractivity contribution in [3.05, 3.63) is 6.33 Å². The molecule has 1 unspecified atom stereocenters. The van der Waals surface area contributed by atoms with E-state index in [9.17, 15) is 5.11 Å². The zero-order chi connectivity index (χ0) is 14.5. The van der Waals surface area contributed by atoms with Crippen LogP contribution in [0.2, 0.25) is 0 Å². The molecule has 0 radical (unpaired) electrons. The summed E-state index contributed by atoms with van der Waals surface area (Å²) in [5.41, 5.74) is 0.988. The highest BCUT2D eigenvalue weighted by atomic mass is 16.6. The molecule has 9 heteroatoms. The number of imidazole rings is 1. The highest BCUT2D eigenvalue weighted by Crippen LogP contribution is 2.22. The van der Waals surface area contributed by atoms with Crippen molar-refractivity contribution in [3.63, 3.8) is 0 Å². The van der Waals surface area contributed by atoms with E-state index in [1.165, 1.54) is 10.9 Å². The van der Waals surface area contributed by atoms with Gasteiger partial charge < -0.3 is 25.6 Å². The summed E-state index contributed by atoms with van der Waals surface area (Å²) in [6, 6.07) is 0. The highest BCUT2D eigenvalue weighted by molar-refractivity contribution is 5.84. The van der Waals surface area contributed by atoms with Gasteiger partial charge in [0.25, 0.3) is 0 Å². The second-order valence-corrected chi connectivity index (χ2v) is 3.99. The Morgan fingerprint density at radius 3 is 2.80 bits per heavy atom. The lowest BCUT2D eigenvalue weighted by Crippen LogP contribution is -2.14. The number of rotatable bonds is 7. The number of aliphatic hydroxyl groups is 2. The van der Waals surface area contributed by atoms with Crippen molar-refractivity contribution >= 4 is 22.9 Å². The Morgan fingerprint density at radius 1 is 1.35 bits per heavy atom. The number of fused-ring (bicyclic) bond motifs is 1. The minimum absolute atomic E-state index is 0.00731. The first kappa shape index (κ1) is 14.4. The van der Waals surface area contributed by atoms with Gasteiger partial charge in [0.1, 0.15) is 6.33 Å². The zero-order valence-corrected chi connectivity index (χ0v) is 11.4. The monoisotopic (exact) mass is 282 g/mol. The quantitative estimate of drug-likeness (QED) is 0.406. The van der Waals surface area contributed by atoms with Crippen molar-refractivity contribution in [1.82, 2.24) is 19.5 Å². The molecule has 9 nitrogen and oxygen atoms in total. The molecule has 0 spiro atoms. The third-order valence-electron chi connectivity index (χ3n) is 2.69. The van der Waals surface area contributed by atoms with Gasteiger partial charge >= 0.3 is 0 Å². The molecular formula is C11H18N6O3. The summed E-state index contributed by atoms with van der Waals surface area (Å²) < 4.78 is 6.60. The van der Waals surface area contributed by atoms with E-state index in [1.807, 2.05) is 0 Å². The SMILES string of the molecule is CNc1nc(NC)c2ncn(C(O)OCCCO)c2n1. The molecule has 1 atom stereocenters. The molecule has 0 fully saturated rings.